The molecule has 0 bridgehead atoms. The van der Waals surface area contributed by atoms with Crippen molar-refractivity contribution in [3.05, 3.63) is 0 Å². The molecule has 6 heteroatoms. The third-order valence-electron chi connectivity index (χ3n) is 3.76. The summed E-state index contributed by atoms with van der Waals surface area (Å²) in [6, 6.07) is 0.192. The smallest absolute Gasteiger partial charge is 0.317 e. The van der Waals surface area contributed by atoms with Gasteiger partial charge in [0.15, 0.2) is 0 Å². The number of likely N-dealkylation sites (N-methyl/N-ethyl adjacent to an activating group) is 2. The predicted octanol–water partition coefficient (Wildman–Crippen LogP) is 0.833. The highest BCUT2D eigenvalue weighted by Gasteiger charge is 2.29. The number of nitrogens with zero attached hydrogens (tertiary/aromatic N) is 2. The SMILES string of the molecule is CN(CC1CCCN1C)C(=O)NCC(C)(C)C(=O)O. The summed E-state index contributed by atoms with van der Waals surface area (Å²) < 4.78 is 0. The van der Waals surface area contributed by atoms with Crippen molar-refractivity contribution in [3.63, 3.8) is 0 Å². The van der Waals surface area contributed by atoms with E-state index >= 15 is 0 Å². The highest BCUT2D eigenvalue weighted by Crippen LogP contribution is 2.16. The van der Waals surface area contributed by atoms with E-state index in [1.165, 1.54) is 6.42 Å². The van der Waals surface area contributed by atoms with E-state index in [0.717, 1.165) is 13.0 Å². The molecule has 19 heavy (non-hydrogen) atoms. The van der Waals surface area contributed by atoms with Crippen LogP contribution in [-0.4, -0.2) is 66.7 Å². The quantitative estimate of drug-likeness (QED) is 0.777. The Hall–Kier alpha value is -1.30. The summed E-state index contributed by atoms with van der Waals surface area (Å²) in [5.41, 5.74) is -0.944. The summed E-state index contributed by atoms with van der Waals surface area (Å²) in [6.45, 7) is 5.08. The van der Waals surface area contributed by atoms with Crippen molar-refractivity contribution in [2.45, 2.75) is 32.7 Å². The minimum Gasteiger partial charge on any atom is -0.481 e. The third-order valence-corrected chi connectivity index (χ3v) is 3.76. The second-order valence-corrected chi connectivity index (χ2v) is 6.00. The monoisotopic (exact) mass is 271 g/mol. The summed E-state index contributed by atoms with van der Waals surface area (Å²) >= 11 is 0. The standard InChI is InChI=1S/C13H25N3O3/c1-13(2,11(17)18)9-14-12(19)16(4)8-10-6-5-7-15(10)3/h10H,5-9H2,1-4H3,(H,14,19)(H,17,18). The fourth-order valence-electron chi connectivity index (χ4n) is 2.12. The van der Waals surface area contributed by atoms with Crippen molar-refractivity contribution >= 4 is 12.0 Å². The van der Waals surface area contributed by atoms with Gasteiger partial charge in [0, 0.05) is 26.2 Å². The van der Waals surface area contributed by atoms with E-state index in [2.05, 4.69) is 17.3 Å². The van der Waals surface area contributed by atoms with Gasteiger partial charge < -0.3 is 20.2 Å². The van der Waals surface area contributed by atoms with E-state index in [1.54, 1.807) is 25.8 Å². The number of hydrogen-bond donors (Lipinski definition) is 2. The Balaban J connectivity index is 2.38. The van der Waals surface area contributed by atoms with Crippen LogP contribution in [0.1, 0.15) is 26.7 Å². The van der Waals surface area contributed by atoms with E-state index in [0.29, 0.717) is 12.6 Å². The number of carboxylic acids is 1. The van der Waals surface area contributed by atoms with Gasteiger partial charge in [-0.05, 0) is 40.3 Å². The van der Waals surface area contributed by atoms with Gasteiger partial charge in [0.25, 0.3) is 0 Å². The van der Waals surface area contributed by atoms with Crippen LogP contribution < -0.4 is 5.32 Å². The van der Waals surface area contributed by atoms with Crippen LogP contribution in [0, 0.1) is 5.41 Å². The van der Waals surface area contributed by atoms with Gasteiger partial charge in [-0.3, -0.25) is 4.79 Å². The van der Waals surface area contributed by atoms with E-state index in [-0.39, 0.29) is 12.6 Å². The van der Waals surface area contributed by atoms with Crippen molar-refractivity contribution in [2.75, 3.05) is 33.7 Å². The lowest BCUT2D eigenvalue weighted by atomic mass is 9.94. The molecule has 110 valence electrons. The Labute approximate surface area is 114 Å². The topological polar surface area (TPSA) is 72.9 Å². The van der Waals surface area contributed by atoms with Gasteiger partial charge in [-0.15, -0.1) is 0 Å². The van der Waals surface area contributed by atoms with Crippen LogP contribution in [0.15, 0.2) is 0 Å². The van der Waals surface area contributed by atoms with E-state index < -0.39 is 11.4 Å². The van der Waals surface area contributed by atoms with Crippen molar-refractivity contribution in [1.29, 1.82) is 0 Å². The van der Waals surface area contributed by atoms with E-state index in [9.17, 15) is 9.59 Å². The van der Waals surface area contributed by atoms with Gasteiger partial charge in [0.1, 0.15) is 0 Å². The first-order chi connectivity index (χ1) is 8.74. The second-order valence-electron chi connectivity index (χ2n) is 6.00. The first kappa shape index (κ1) is 15.8. The van der Waals surface area contributed by atoms with E-state index in [1.807, 2.05) is 0 Å². The number of urea groups is 1. The van der Waals surface area contributed by atoms with Crippen LogP contribution in [0.2, 0.25) is 0 Å². The summed E-state index contributed by atoms with van der Waals surface area (Å²) in [5, 5.41) is 11.7. The molecular formula is C13H25N3O3. The number of hydrogen-bond acceptors (Lipinski definition) is 3. The Morgan fingerprint density at radius 3 is 2.58 bits per heavy atom. The first-order valence-electron chi connectivity index (χ1n) is 6.66. The molecule has 0 aromatic carbocycles. The highest BCUT2D eigenvalue weighted by molar-refractivity contribution is 5.77. The van der Waals surface area contributed by atoms with Crippen LogP contribution in [0.25, 0.3) is 0 Å². The molecule has 1 aliphatic heterocycles. The normalized spacial score (nSPS) is 20.3. The zero-order chi connectivity index (χ0) is 14.6. The average Bonchev–Trinajstić information content (AvgIpc) is 2.71. The van der Waals surface area contributed by atoms with E-state index in [4.69, 9.17) is 5.11 Å². The zero-order valence-electron chi connectivity index (χ0n) is 12.3. The molecule has 0 aromatic rings. The number of aliphatic carboxylic acids is 1. The first-order valence-corrected chi connectivity index (χ1v) is 6.66. The van der Waals surface area contributed by atoms with Crippen LogP contribution in [0.4, 0.5) is 4.79 Å². The molecule has 1 aliphatic rings. The highest BCUT2D eigenvalue weighted by atomic mass is 16.4. The van der Waals surface area contributed by atoms with Crippen LogP contribution in [0.5, 0.6) is 0 Å². The van der Waals surface area contributed by atoms with Crippen molar-refractivity contribution in [3.8, 4) is 0 Å². The number of carbonyl (C=O) groups is 2. The fraction of sp³-hybridized carbons (Fsp3) is 0.846. The zero-order valence-corrected chi connectivity index (χ0v) is 12.3. The summed E-state index contributed by atoms with van der Waals surface area (Å²) in [7, 11) is 3.81. The lowest BCUT2D eigenvalue weighted by Crippen LogP contribution is -2.47. The molecule has 6 nitrogen and oxygen atoms in total. The number of rotatable bonds is 5. The number of carbonyl (C=O) groups excluding carboxylic acids is 1. The molecule has 0 aliphatic carbocycles. The van der Waals surface area contributed by atoms with Gasteiger partial charge in [-0.2, -0.15) is 0 Å². The molecule has 1 atom stereocenters. The Morgan fingerprint density at radius 1 is 1.47 bits per heavy atom. The molecule has 1 saturated heterocycles. The van der Waals surface area contributed by atoms with Gasteiger partial charge >= 0.3 is 12.0 Å². The fourth-order valence-corrected chi connectivity index (χ4v) is 2.12. The van der Waals surface area contributed by atoms with Crippen LogP contribution >= 0.6 is 0 Å². The third kappa shape index (κ3) is 4.38. The van der Waals surface area contributed by atoms with Gasteiger partial charge in [0.05, 0.1) is 5.41 Å². The number of likely N-dealkylation sites (tertiary alicyclic amines) is 1. The Bertz CT molecular complexity index is 344. The molecule has 1 fully saturated rings. The molecular weight excluding hydrogens is 246 g/mol. The second kappa shape index (κ2) is 6.23. The molecule has 1 unspecified atom stereocenters. The Morgan fingerprint density at radius 2 is 2.11 bits per heavy atom. The Kier molecular flexibility index (Phi) is 5.17. The molecule has 2 N–H and O–H groups in total. The van der Waals surface area contributed by atoms with Gasteiger partial charge in [-0.25, -0.2) is 4.79 Å². The minimum atomic E-state index is -0.944. The summed E-state index contributed by atoms with van der Waals surface area (Å²) in [6.07, 6.45) is 2.28. The molecule has 0 aromatic heterocycles. The van der Waals surface area contributed by atoms with Gasteiger partial charge in [-0.1, -0.05) is 0 Å². The van der Waals surface area contributed by atoms with Crippen molar-refractivity contribution in [1.82, 2.24) is 15.1 Å². The maximum Gasteiger partial charge on any atom is 0.317 e. The van der Waals surface area contributed by atoms with Crippen LogP contribution in [0.3, 0.4) is 0 Å². The predicted molar refractivity (Wildman–Crippen MR) is 73.1 cm³/mol. The lowest BCUT2D eigenvalue weighted by Gasteiger charge is -2.27. The molecule has 2 amide bonds. The maximum atomic E-state index is 11.9. The maximum absolute atomic E-state index is 11.9. The van der Waals surface area contributed by atoms with Crippen molar-refractivity contribution < 1.29 is 14.7 Å². The number of carboxylic acid groups (broad SMARTS) is 1. The van der Waals surface area contributed by atoms with Crippen molar-refractivity contribution in [2.24, 2.45) is 5.41 Å². The molecule has 1 rings (SSSR count). The molecule has 0 saturated carbocycles. The molecule has 1 heterocycles. The molecule has 0 spiro atoms. The average molecular weight is 271 g/mol. The summed E-state index contributed by atoms with van der Waals surface area (Å²) in [4.78, 5) is 26.7. The number of nitrogens with one attached hydrogen (secondary N) is 1. The number of amides is 2. The minimum absolute atomic E-state index is 0.131. The lowest BCUT2D eigenvalue weighted by molar-refractivity contribution is -0.146. The largest absolute Gasteiger partial charge is 0.481 e. The van der Waals surface area contributed by atoms with Crippen LogP contribution in [-0.2, 0) is 4.79 Å². The van der Waals surface area contributed by atoms with Gasteiger partial charge in [0.2, 0.25) is 0 Å². The molecule has 0 radical (unpaired) electrons. The summed E-state index contributed by atoms with van der Waals surface area (Å²) in [5.74, 6) is -0.911.